The molecule has 0 saturated carbocycles. The lowest BCUT2D eigenvalue weighted by Crippen LogP contribution is -2.43. The number of carbonyl (C=O) groups excluding carboxylic acids is 3. The van der Waals surface area contributed by atoms with Crippen LogP contribution in [0.2, 0.25) is 0 Å². The molecule has 0 heterocycles. The van der Waals surface area contributed by atoms with Gasteiger partial charge >= 0.3 is 5.97 Å². The van der Waals surface area contributed by atoms with E-state index in [0.717, 1.165) is 0 Å². The van der Waals surface area contributed by atoms with E-state index in [9.17, 15) is 14.4 Å². The molecule has 1 rings (SSSR count). The molecule has 0 aromatic heterocycles. The molecule has 1 unspecified atom stereocenters. The van der Waals surface area contributed by atoms with Crippen LogP contribution < -0.4 is 11.1 Å². The lowest BCUT2D eigenvalue weighted by molar-refractivity contribution is -0.146. The van der Waals surface area contributed by atoms with E-state index < -0.39 is 17.9 Å². The number of benzene rings is 1. The molecule has 2 amide bonds. The largest absolute Gasteiger partial charge is 0.464 e. The van der Waals surface area contributed by atoms with Crippen LogP contribution in [0.1, 0.15) is 17.3 Å². The van der Waals surface area contributed by atoms with Gasteiger partial charge in [0.05, 0.1) is 17.9 Å². The van der Waals surface area contributed by atoms with Crippen LogP contribution >= 0.6 is 0 Å². The van der Waals surface area contributed by atoms with E-state index in [1.807, 2.05) is 0 Å². The maximum atomic E-state index is 12.0. The van der Waals surface area contributed by atoms with Crippen LogP contribution in [-0.4, -0.2) is 49.4 Å². The number of nitrogens with zero attached hydrogens (tertiary/aromatic N) is 1. The maximum absolute atomic E-state index is 12.0. The first-order valence-corrected chi connectivity index (χ1v) is 6.42. The van der Waals surface area contributed by atoms with Crippen molar-refractivity contribution in [3.8, 4) is 0 Å². The number of nitrogens with one attached hydrogen (secondary N) is 1. The molecule has 3 N–H and O–H groups in total. The zero-order chi connectivity index (χ0) is 16.0. The van der Waals surface area contributed by atoms with Crippen LogP contribution in [0.4, 0.5) is 5.69 Å². The Labute approximate surface area is 123 Å². The molecule has 0 aliphatic carbocycles. The fourth-order valence-corrected chi connectivity index (χ4v) is 1.57. The van der Waals surface area contributed by atoms with Gasteiger partial charge in [-0.2, -0.15) is 0 Å². The Bertz CT molecular complexity index is 543. The van der Waals surface area contributed by atoms with Crippen molar-refractivity contribution in [2.24, 2.45) is 5.73 Å². The lowest BCUT2D eigenvalue weighted by Gasteiger charge is -2.16. The standard InChI is InChI=1S/C14H19N3O4/c1-4-21-14(20)11(15)12(18)16-10-8-6-5-7-9(10)13(19)17(2)3/h5-8,11H,4,15H2,1-3H3,(H,16,18). The van der Waals surface area contributed by atoms with E-state index in [0.29, 0.717) is 11.3 Å². The zero-order valence-electron chi connectivity index (χ0n) is 12.3. The highest BCUT2D eigenvalue weighted by molar-refractivity contribution is 6.10. The van der Waals surface area contributed by atoms with Crippen LogP contribution in [0.3, 0.4) is 0 Å². The Hall–Kier alpha value is -2.41. The van der Waals surface area contributed by atoms with Gasteiger partial charge in [0.1, 0.15) is 0 Å². The zero-order valence-corrected chi connectivity index (χ0v) is 12.3. The molecule has 7 nitrogen and oxygen atoms in total. The fraction of sp³-hybridized carbons (Fsp3) is 0.357. The highest BCUT2D eigenvalue weighted by Gasteiger charge is 2.24. The molecule has 0 saturated heterocycles. The SMILES string of the molecule is CCOC(=O)C(N)C(=O)Nc1ccccc1C(=O)N(C)C. The number of ether oxygens (including phenoxy) is 1. The molecule has 0 radical (unpaired) electrons. The van der Waals surface area contributed by atoms with Crippen LogP contribution in [0.5, 0.6) is 0 Å². The van der Waals surface area contributed by atoms with Crippen LogP contribution in [0.25, 0.3) is 0 Å². The normalized spacial score (nSPS) is 11.4. The van der Waals surface area contributed by atoms with Gasteiger partial charge in [-0.25, -0.2) is 4.79 Å². The summed E-state index contributed by atoms with van der Waals surface area (Å²) in [5, 5.41) is 2.47. The number of rotatable bonds is 5. The molecule has 0 aliphatic rings. The number of para-hydroxylation sites is 1. The first-order valence-electron chi connectivity index (χ1n) is 6.42. The molecule has 21 heavy (non-hydrogen) atoms. The van der Waals surface area contributed by atoms with Gasteiger partial charge < -0.3 is 20.7 Å². The number of hydrogen-bond acceptors (Lipinski definition) is 5. The predicted molar refractivity (Wildman–Crippen MR) is 77.7 cm³/mol. The molecule has 0 fully saturated rings. The van der Waals surface area contributed by atoms with Crippen LogP contribution in [-0.2, 0) is 14.3 Å². The summed E-state index contributed by atoms with van der Waals surface area (Å²) < 4.78 is 4.68. The molecule has 114 valence electrons. The Kier molecular flexibility index (Phi) is 5.86. The van der Waals surface area contributed by atoms with Crippen molar-refractivity contribution in [1.29, 1.82) is 0 Å². The minimum absolute atomic E-state index is 0.134. The van der Waals surface area contributed by atoms with Crippen LogP contribution in [0.15, 0.2) is 24.3 Å². The quantitative estimate of drug-likeness (QED) is 0.597. The Morgan fingerprint density at radius 2 is 1.90 bits per heavy atom. The van der Waals surface area contributed by atoms with Gasteiger partial charge in [0.25, 0.3) is 11.8 Å². The summed E-state index contributed by atoms with van der Waals surface area (Å²) in [4.78, 5) is 36.7. The van der Waals surface area contributed by atoms with Gasteiger partial charge in [0.15, 0.2) is 6.04 Å². The smallest absolute Gasteiger partial charge is 0.332 e. The highest BCUT2D eigenvalue weighted by Crippen LogP contribution is 2.16. The van der Waals surface area contributed by atoms with Gasteiger partial charge in [0, 0.05) is 14.1 Å². The number of hydrogen-bond donors (Lipinski definition) is 2. The summed E-state index contributed by atoms with van der Waals surface area (Å²) in [5.74, 6) is -1.81. The van der Waals surface area contributed by atoms with Crippen molar-refractivity contribution in [3.63, 3.8) is 0 Å². The first-order chi connectivity index (χ1) is 9.88. The number of amides is 2. The summed E-state index contributed by atoms with van der Waals surface area (Å²) >= 11 is 0. The summed E-state index contributed by atoms with van der Waals surface area (Å²) in [5.41, 5.74) is 6.10. The fourth-order valence-electron chi connectivity index (χ4n) is 1.57. The van der Waals surface area contributed by atoms with E-state index >= 15 is 0 Å². The molecule has 1 aromatic carbocycles. The van der Waals surface area contributed by atoms with Gasteiger partial charge in [-0.1, -0.05) is 12.1 Å². The minimum Gasteiger partial charge on any atom is -0.464 e. The molecule has 0 bridgehead atoms. The summed E-state index contributed by atoms with van der Waals surface area (Å²) in [6, 6.07) is 5.04. The average molecular weight is 293 g/mol. The maximum Gasteiger partial charge on any atom is 0.332 e. The van der Waals surface area contributed by atoms with Crippen molar-refractivity contribution in [2.75, 3.05) is 26.0 Å². The summed E-state index contributed by atoms with van der Waals surface area (Å²) in [7, 11) is 3.20. The number of anilines is 1. The minimum atomic E-state index is -1.44. The van der Waals surface area contributed by atoms with Gasteiger partial charge in [0.2, 0.25) is 0 Å². The third-order valence-electron chi connectivity index (χ3n) is 2.64. The molecule has 1 aromatic rings. The second-order valence-corrected chi connectivity index (χ2v) is 4.46. The Morgan fingerprint density at radius 3 is 2.48 bits per heavy atom. The van der Waals surface area contributed by atoms with E-state index in [2.05, 4.69) is 10.1 Å². The number of carbonyl (C=O) groups is 3. The second kappa shape index (κ2) is 7.39. The number of nitrogens with two attached hydrogens (primary N) is 1. The Balaban J connectivity index is 2.91. The van der Waals surface area contributed by atoms with Crippen molar-refractivity contribution in [3.05, 3.63) is 29.8 Å². The molecular formula is C14H19N3O4. The summed E-state index contributed by atoms with van der Waals surface area (Å²) in [6.07, 6.45) is 0. The van der Waals surface area contributed by atoms with E-state index in [4.69, 9.17) is 5.73 Å². The summed E-state index contributed by atoms with van der Waals surface area (Å²) in [6.45, 7) is 1.75. The molecule has 7 heteroatoms. The second-order valence-electron chi connectivity index (χ2n) is 4.46. The molecule has 0 spiro atoms. The van der Waals surface area contributed by atoms with Crippen molar-refractivity contribution in [2.45, 2.75) is 13.0 Å². The van der Waals surface area contributed by atoms with E-state index in [1.54, 1.807) is 45.3 Å². The topological polar surface area (TPSA) is 102 Å². The lowest BCUT2D eigenvalue weighted by atomic mass is 10.1. The molecule has 1 atom stereocenters. The highest BCUT2D eigenvalue weighted by atomic mass is 16.5. The Morgan fingerprint density at radius 1 is 1.29 bits per heavy atom. The molecular weight excluding hydrogens is 274 g/mol. The average Bonchev–Trinajstić information content (AvgIpc) is 2.46. The third-order valence-corrected chi connectivity index (χ3v) is 2.64. The van der Waals surface area contributed by atoms with E-state index in [-0.39, 0.29) is 12.5 Å². The molecule has 0 aliphatic heterocycles. The van der Waals surface area contributed by atoms with Crippen LogP contribution in [0, 0.1) is 0 Å². The monoisotopic (exact) mass is 293 g/mol. The number of esters is 1. The van der Waals surface area contributed by atoms with Gasteiger partial charge in [-0.15, -0.1) is 0 Å². The van der Waals surface area contributed by atoms with Gasteiger partial charge in [-0.05, 0) is 19.1 Å². The van der Waals surface area contributed by atoms with Crippen molar-refractivity contribution < 1.29 is 19.1 Å². The first kappa shape index (κ1) is 16.6. The van der Waals surface area contributed by atoms with E-state index in [1.165, 1.54) is 4.90 Å². The van der Waals surface area contributed by atoms with Gasteiger partial charge in [-0.3, -0.25) is 9.59 Å². The predicted octanol–water partition coefficient (Wildman–Crippen LogP) is 0.217. The third kappa shape index (κ3) is 4.28. The van der Waals surface area contributed by atoms with Crippen molar-refractivity contribution >= 4 is 23.5 Å². The van der Waals surface area contributed by atoms with Crippen molar-refractivity contribution in [1.82, 2.24) is 4.90 Å².